The fourth-order valence-corrected chi connectivity index (χ4v) is 3.22. The lowest BCUT2D eigenvalue weighted by atomic mass is 10.2. The van der Waals surface area contributed by atoms with Crippen molar-refractivity contribution < 1.29 is 14.4 Å². The SMILES string of the molecule is CC(C)NC(=O)[C@H](CN)N1C(=O)CC(SC(C)C)C1=O. The smallest absolute Gasteiger partial charge is 0.244 e. The molecule has 114 valence electrons. The first-order valence-corrected chi connectivity index (χ1v) is 7.74. The predicted octanol–water partition coefficient (Wildman–Crippen LogP) is 0.107. The van der Waals surface area contributed by atoms with Crippen LogP contribution in [0.15, 0.2) is 0 Å². The van der Waals surface area contributed by atoms with E-state index in [1.807, 2.05) is 27.7 Å². The Balaban J connectivity index is 2.84. The number of nitrogens with one attached hydrogen (secondary N) is 1. The van der Waals surface area contributed by atoms with E-state index in [-0.39, 0.29) is 42.0 Å². The number of amides is 3. The summed E-state index contributed by atoms with van der Waals surface area (Å²) >= 11 is 1.45. The van der Waals surface area contributed by atoms with Crippen LogP contribution in [0.2, 0.25) is 0 Å². The highest BCUT2D eigenvalue weighted by molar-refractivity contribution is 8.01. The zero-order valence-electron chi connectivity index (χ0n) is 12.4. The minimum atomic E-state index is -0.907. The van der Waals surface area contributed by atoms with Gasteiger partial charge in [0.05, 0.1) is 5.25 Å². The van der Waals surface area contributed by atoms with E-state index in [2.05, 4.69) is 5.32 Å². The molecule has 6 nitrogen and oxygen atoms in total. The van der Waals surface area contributed by atoms with Crippen molar-refractivity contribution in [2.75, 3.05) is 6.54 Å². The normalized spacial score (nSPS) is 20.9. The molecule has 7 heteroatoms. The van der Waals surface area contributed by atoms with E-state index >= 15 is 0 Å². The monoisotopic (exact) mass is 301 g/mol. The van der Waals surface area contributed by atoms with Gasteiger partial charge in [0.1, 0.15) is 6.04 Å². The van der Waals surface area contributed by atoms with Crippen molar-refractivity contribution in [3.05, 3.63) is 0 Å². The molecule has 1 unspecified atom stereocenters. The summed E-state index contributed by atoms with van der Waals surface area (Å²) in [6, 6.07) is -0.972. The first kappa shape index (κ1) is 17.0. The van der Waals surface area contributed by atoms with Gasteiger partial charge in [-0.3, -0.25) is 19.3 Å². The van der Waals surface area contributed by atoms with E-state index in [0.717, 1.165) is 4.90 Å². The van der Waals surface area contributed by atoms with E-state index in [1.54, 1.807) is 0 Å². The number of hydrogen-bond donors (Lipinski definition) is 2. The number of likely N-dealkylation sites (tertiary alicyclic amines) is 1. The third kappa shape index (κ3) is 3.96. The van der Waals surface area contributed by atoms with Gasteiger partial charge in [0.15, 0.2) is 0 Å². The summed E-state index contributed by atoms with van der Waals surface area (Å²) in [5.41, 5.74) is 5.59. The molecule has 0 aliphatic carbocycles. The molecule has 1 aliphatic rings. The summed E-state index contributed by atoms with van der Waals surface area (Å²) in [7, 11) is 0. The summed E-state index contributed by atoms with van der Waals surface area (Å²) in [5.74, 6) is -0.995. The Labute approximate surface area is 123 Å². The first-order valence-electron chi connectivity index (χ1n) is 6.79. The van der Waals surface area contributed by atoms with Crippen molar-refractivity contribution in [2.45, 2.75) is 56.7 Å². The van der Waals surface area contributed by atoms with Gasteiger partial charge in [0.25, 0.3) is 0 Å². The molecule has 2 atom stereocenters. The fraction of sp³-hybridized carbons (Fsp3) is 0.769. The second-order valence-corrected chi connectivity index (χ2v) is 7.18. The van der Waals surface area contributed by atoms with Crippen molar-refractivity contribution >= 4 is 29.5 Å². The lowest BCUT2D eigenvalue weighted by molar-refractivity contribution is -0.146. The number of rotatable bonds is 6. The lowest BCUT2D eigenvalue weighted by Crippen LogP contribution is -2.54. The molecule has 0 radical (unpaired) electrons. The van der Waals surface area contributed by atoms with Crippen LogP contribution in [0.3, 0.4) is 0 Å². The van der Waals surface area contributed by atoms with Crippen LogP contribution >= 0.6 is 11.8 Å². The number of nitrogens with zero attached hydrogens (tertiary/aromatic N) is 1. The largest absolute Gasteiger partial charge is 0.352 e. The van der Waals surface area contributed by atoms with E-state index in [1.165, 1.54) is 11.8 Å². The Morgan fingerprint density at radius 2 is 2.00 bits per heavy atom. The average Bonchev–Trinajstić information content (AvgIpc) is 2.56. The molecule has 0 spiro atoms. The van der Waals surface area contributed by atoms with Gasteiger partial charge in [-0.15, -0.1) is 11.8 Å². The summed E-state index contributed by atoms with van der Waals surface area (Å²) < 4.78 is 0. The molecule has 0 aromatic heterocycles. The zero-order chi connectivity index (χ0) is 15.4. The second kappa shape index (κ2) is 7.08. The van der Waals surface area contributed by atoms with Gasteiger partial charge < -0.3 is 11.1 Å². The van der Waals surface area contributed by atoms with Crippen molar-refractivity contribution in [3.63, 3.8) is 0 Å². The molecule has 1 fully saturated rings. The van der Waals surface area contributed by atoms with Gasteiger partial charge >= 0.3 is 0 Å². The maximum absolute atomic E-state index is 12.3. The van der Waals surface area contributed by atoms with Gasteiger partial charge in [0.2, 0.25) is 17.7 Å². The molecule has 0 aromatic carbocycles. The Morgan fingerprint density at radius 1 is 1.40 bits per heavy atom. The molecule has 1 heterocycles. The van der Waals surface area contributed by atoms with Crippen LogP contribution in [0, 0.1) is 0 Å². The van der Waals surface area contributed by atoms with Crippen LogP contribution in [-0.4, -0.2) is 51.7 Å². The molecule has 0 saturated carbocycles. The van der Waals surface area contributed by atoms with Crippen LogP contribution in [-0.2, 0) is 14.4 Å². The van der Waals surface area contributed by atoms with Crippen molar-refractivity contribution in [1.29, 1.82) is 0 Å². The standard InChI is InChI=1S/C13H23N3O3S/c1-7(2)15-12(18)9(6-14)16-11(17)5-10(13(16)19)20-8(3)4/h7-10H,5-6,14H2,1-4H3,(H,15,18)/t9-,10?/m0/s1. The molecule has 1 aliphatic heterocycles. The van der Waals surface area contributed by atoms with Crippen LogP contribution in [0.1, 0.15) is 34.1 Å². The minimum Gasteiger partial charge on any atom is -0.352 e. The van der Waals surface area contributed by atoms with Gasteiger partial charge in [-0.05, 0) is 19.1 Å². The predicted molar refractivity (Wildman–Crippen MR) is 79.1 cm³/mol. The molecule has 3 amide bonds. The van der Waals surface area contributed by atoms with Gasteiger partial charge in [0, 0.05) is 19.0 Å². The third-order valence-electron chi connectivity index (χ3n) is 2.85. The Kier molecular flexibility index (Phi) is 6.01. The number of imide groups is 1. The van der Waals surface area contributed by atoms with E-state index in [9.17, 15) is 14.4 Å². The molecular weight excluding hydrogens is 278 g/mol. The van der Waals surface area contributed by atoms with Gasteiger partial charge in [-0.2, -0.15) is 0 Å². The number of hydrogen-bond acceptors (Lipinski definition) is 5. The van der Waals surface area contributed by atoms with Gasteiger partial charge in [-0.1, -0.05) is 13.8 Å². The Hall–Kier alpha value is -1.08. The van der Waals surface area contributed by atoms with E-state index in [0.29, 0.717) is 0 Å². The molecule has 20 heavy (non-hydrogen) atoms. The van der Waals surface area contributed by atoms with E-state index in [4.69, 9.17) is 5.73 Å². The summed E-state index contributed by atoms with van der Waals surface area (Å²) in [4.78, 5) is 37.4. The minimum absolute atomic E-state index is 0.0604. The number of nitrogens with two attached hydrogens (primary N) is 1. The van der Waals surface area contributed by atoms with Crippen molar-refractivity contribution in [2.24, 2.45) is 5.73 Å². The van der Waals surface area contributed by atoms with Crippen LogP contribution < -0.4 is 11.1 Å². The molecule has 0 aromatic rings. The Morgan fingerprint density at radius 3 is 2.45 bits per heavy atom. The second-order valence-electron chi connectivity index (χ2n) is 5.39. The lowest BCUT2D eigenvalue weighted by Gasteiger charge is -2.25. The Bertz CT molecular complexity index is 398. The topological polar surface area (TPSA) is 92.5 Å². The highest BCUT2D eigenvalue weighted by Crippen LogP contribution is 2.29. The molecular formula is C13H23N3O3S. The third-order valence-corrected chi connectivity index (χ3v) is 4.09. The van der Waals surface area contributed by atoms with Crippen molar-refractivity contribution in [3.8, 4) is 0 Å². The number of carbonyl (C=O) groups is 3. The van der Waals surface area contributed by atoms with Crippen LogP contribution in [0.25, 0.3) is 0 Å². The highest BCUT2D eigenvalue weighted by atomic mass is 32.2. The summed E-state index contributed by atoms with van der Waals surface area (Å²) in [6.07, 6.45) is 0.146. The first-order chi connectivity index (χ1) is 9.27. The highest BCUT2D eigenvalue weighted by Gasteiger charge is 2.44. The molecule has 0 bridgehead atoms. The maximum atomic E-state index is 12.3. The fourth-order valence-electron chi connectivity index (χ4n) is 2.09. The van der Waals surface area contributed by atoms with Crippen LogP contribution in [0.5, 0.6) is 0 Å². The number of thioether (sulfide) groups is 1. The van der Waals surface area contributed by atoms with Crippen molar-refractivity contribution in [1.82, 2.24) is 10.2 Å². The summed E-state index contributed by atoms with van der Waals surface area (Å²) in [5, 5.41) is 2.54. The maximum Gasteiger partial charge on any atom is 0.244 e. The molecule has 3 N–H and O–H groups in total. The number of carbonyl (C=O) groups excluding carboxylic acids is 3. The summed E-state index contributed by atoms with van der Waals surface area (Å²) in [6.45, 7) is 7.51. The molecule has 1 rings (SSSR count). The zero-order valence-corrected chi connectivity index (χ0v) is 13.2. The molecule has 1 saturated heterocycles. The van der Waals surface area contributed by atoms with E-state index < -0.39 is 11.3 Å². The quantitative estimate of drug-likeness (QED) is 0.679. The average molecular weight is 301 g/mol. The van der Waals surface area contributed by atoms with Crippen LogP contribution in [0.4, 0.5) is 0 Å². The van der Waals surface area contributed by atoms with Gasteiger partial charge in [-0.25, -0.2) is 0 Å².